The molecule has 0 amide bonds. The summed E-state index contributed by atoms with van der Waals surface area (Å²) in [6.45, 7) is 10.7. The zero-order valence-corrected chi connectivity index (χ0v) is 11.1. The van der Waals surface area contributed by atoms with Crippen LogP contribution in [0.2, 0.25) is 0 Å². The molecule has 0 aliphatic heterocycles. The highest BCUT2D eigenvalue weighted by Crippen LogP contribution is 2.23. The third-order valence-electron chi connectivity index (χ3n) is 2.41. The van der Waals surface area contributed by atoms with Crippen LogP contribution in [0.3, 0.4) is 0 Å². The fraction of sp³-hybridized carbons (Fsp3) is 0.917. The Bertz CT molecular complexity index is 223. The summed E-state index contributed by atoms with van der Waals surface area (Å²) in [6, 6.07) is 0. The van der Waals surface area contributed by atoms with Gasteiger partial charge in [-0.2, -0.15) is 0 Å². The lowest BCUT2D eigenvalue weighted by Gasteiger charge is -2.27. The first kappa shape index (κ1) is 15.4. The van der Waals surface area contributed by atoms with Crippen molar-refractivity contribution in [2.24, 2.45) is 11.1 Å². The molecule has 1 unspecified atom stereocenters. The topological polar surface area (TPSA) is 61.5 Å². The van der Waals surface area contributed by atoms with Crippen LogP contribution in [0.25, 0.3) is 0 Å². The van der Waals surface area contributed by atoms with Crippen molar-refractivity contribution in [3.8, 4) is 0 Å². The number of carbonyl (C=O) groups is 1. The van der Waals surface area contributed by atoms with Crippen LogP contribution in [0.1, 0.15) is 41.0 Å². The molecule has 4 nitrogen and oxygen atoms in total. The van der Waals surface area contributed by atoms with E-state index < -0.39 is 5.41 Å². The third-order valence-corrected chi connectivity index (χ3v) is 2.41. The van der Waals surface area contributed by atoms with Crippen LogP contribution in [-0.2, 0) is 14.3 Å². The van der Waals surface area contributed by atoms with Crippen molar-refractivity contribution >= 4 is 5.97 Å². The Kier molecular flexibility index (Phi) is 5.97. The molecular formula is C12H25NO3. The average Bonchev–Trinajstić information content (AvgIpc) is 2.15. The summed E-state index contributed by atoms with van der Waals surface area (Å²) in [5, 5.41) is 0. The van der Waals surface area contributed by atoms with E-state index in [1.54, 1.807) is 6.92 Å². The minimum Gasteiger partial charge on any atom is -0.466 e. The van der Waals surface area contributed by atoms with Crippen LogP contribution in [-0.4, -0.2) is 31.3 Å². The van der Waals surface area contributed by atoms with Crippen LogP contribution >= 0.6 is 0 Å². The lowest BCUT2D eigenvalue weighted by Crippen LogP contribution is -2.39. The van der Waals surface area contributed by atoms with E-state index in [1.165, 1.54) is 0 Å². The van der Waals surface area contributed by atoms with Crippen molar-refractivity contribution in [3.05, 3.63) is 0 Å². The lowest BCUT2D eigenvalue weighted by atomic mass is 9.87. The van der Waals surface area contributed by atoms with Gasteiger partial charge in [-0.25, -0.2) is 0 Å². The molecule has 0 aliphatic carbocycles. The normalized spacial score (nSPS) is 15.6. The number of rotatable bonds is 6. The molecule has 16 heavy (non-hydrogen) atoms. The van der Waals surface area contributed by atoms with Gasteiger partial charge in [0.05, 0.1) is 17.6 Å². The minimum absolute atomic E-state index is 0.190. The standard InChI is InChI=1S/C12H25NO3/c1-6-15-10(14)12(5,9-13)7-8-16-11(2,3)4/h6-9,13H2,1-5H3. The van der Waals surface area contributed by atoms with Gasteiger partial charge in [-0.05, 0) is 41.0 Å². The van der Waals surface area contributed by atoms with E-state index in [-0.39, 0.29) is 18.1 Å². The first-order valence-corrected chi connectivity index (χ1v) is 5.76. The molecule has 0 saturated carbocycles. The third kappa shape index (κ3) is 5.47. The number of esters is 1. The van der Waals surface area contributed by atoms with Crippen molar-refractivity contribution in [1.29, 1.82) is 0 Å². The molecular weight excluding hydrogens is 206 g/mol. The average molecular weight is 231 g/mol. The summed E-state index contributed by atoms with van der Waals surface area (Å²) >= 11 is 0. The first-order valence-electron chi connectivity index (χ1n) is 5.76. The Morgan fingerprint density at radius 2 is 1.81 bits per heavy atom. The van der Waals surface area contributed by atoms with Crippen molar-refractivity contribution in [3.63, 3.8) is 0 Å². The van der Waals surface area contributed by atoms with E-state index in [0.29, 0.717) is 19.6 Å². The van der Waals surface area contributed by atoms with Gasteiger partial charge in [-0.3, -0.25) is 4.79 Å². The molecule has 0 aromatic heterocycles. The van der Waals surface area contributed by atoms with E-state index in [2.05, 4.69) is 0 Å². The molecule has 0 aromatic rings. The number of ether oxygens (including phenoxy) is 2. The van der Waals surface area contributed by atoms with E-state index in [9.17, 15) is 4.79 Å². The van der Waals surface area contributed by atoms with Crippen LogP contribution in [0.15, 0.2) is 0 Å². The van der Waals surface area contributed by atoms with E-state index in [0.717, 1.165) is 0 Å². The SMILES string of the molecule is CCOC(=O)C(C)(CN)CCOC(C)(C)C. The Balaban J connectivity index is 4.22. The molecule has 0 aliphatic rings. The monoisotopic (exact) mass is 231 g/mol. The van der Waals surface area contributed by atoms with Gasteiger partial charge in [0.25, 0.3) is 0 Å². The summed E-state index contributed by atoms with van der Waals surface area (Å²) in [5.41, 5.74) is 4.80. The molecule has 0 spiro atoms. The predicted molar refractivity (Wildman–Crippen MR) is 64.1 cm³/mol. The maximum absolute atomic E-state index is 11.7. The highest BCUT2D eigenvalue weighted by Gasteiger charge is 2.33. The van der Waals surface area contributed by atoms with Crippen LogP contribution in [0.5, 0.6) is 0 Å². The number of hydrogen-bond acceptors (Lipinski definition) is 4. The van der Waals surface area contributed by atoms with Crippen molar-refractivity contribution in [2.45, 2.75) is 46.6 Å². The van der Waals surface area contributed by atoms with Gasteiger partial charge in [-0.1, -0.05) is 0 Å². The van der Waals surface area contributed by atoms with Gasteiger partial charge in [0.2, 0.25) is 0 Å². The number of carbonyl (C=O) groups excluding carboxylic acids is 1. The van der Waals surface area contributed by atoms with Gasteiger partial charge in [0.15, 0.2) is 0 Å². The van der Waals surface area contributed by atoms with Crippen LogP contribution in [0.4, 0.5) is 0 Å². The molecule has 96 valence electrons. The highest BCUT2D eigenvalue weighted by molar-refractivity contribution is 5.76. The maximum atomic E-state index is 11.7. The minimum atomic E-state index is -0.638. The second kappa shape index (κ2) is 6.21. The second-order valence-corrected chi connectivity index (χ2v) is 5.20. The number of hydrogen-bond donors (Lipinski definition) is 1. The zero-order chi connectivity index (χ0) is 12.8. The molecule has 4 heteroatoms. The van der Waals surface area contributed by atoms with E-state index in [1.807, 2.05) is 27.7 Å². The summed E-state index contributed by atoms with van der Waals surface area (Å²) < 4.78 is 10.6. The van der Waals surface area contributed by atoms with Crippen LogP contribution in [0, 0.1) is 5.41 Å². The Labute approximate surface area is 98.5 Å². The fourth-order valence-electron chi connectivity index (χ4n) is 1.18. The van der Waals surface area contributed by atoms with E-state index in [4.69, 9.17) is 15.2 Å². The summed E-state index contributed by atoms with van der Waals surface area (Å²) in [6.07, 6.45) is 0.583. The Morgan fingerprint density at radius 3 is 2.19 bits per heavy atom. The van der Waals surface area contributed by atoms with Crippen molar-refractivity contribution in [1.82, 2.24) is 0 Å². The van der Waals surface area contributed by atoms with Gasteiger partial charge in [-0.15, -0.1) is 0 Å². The summed E-state index contributed by atoms with van der Waals surface area (Å²) in [4.78, 5) is 11.7. The molecule has 0 fully saturated rings. The van der Waals surface area contributed by atoms with Crippen molar-refractivity contribution < 1.29 is 14.3 Å². The maximum Gasteiger partial charge on any atom is 0.313 e. The van der Waals surface area contributed by atoms with Crippen LogP contribution < -0.4 is 5.73 Å². The number of nitrogens with two attached hydrogens (primary N) is 1. The van der Waals surface area contributed by atoms with Crippen molar-refractivity contribution in [2.75, 3.05) is 19.8 Å². The van der Waals surface area contributed by atoms with Gasteiger partial charge in [0, 0.05) is 13.2 Å². The molecule has 0 saturated heterocycles. The first-order chi connectivity index (χ1) is 7.25. The quantitative estimate of drug-likeness (QED) is 0.707. The van der Waals surface area contributed by atoms with E-state index >= 15 is 0 Å². The summed E-state index contributed by atoms with van der Waals surface area (Å²) in [7, 11) is 0. The van der Waals surface area contributed by atoms with Gasteiger partial charge in [0.1, 0.15) is 0 Å². The molecule has 0 radical (unpaired) electrons. The molecule has 2 N–H and O–H groups in total. The Morgan fingerprint density at radius 1 is 1.25 bits per heavy atom. The summed E-state index contributed by atoms with van der Waals surface area (Å²) in [5.74, 6) is -0.241. The predicted octanol–water partition coefficient (Wildman–Crippen LogP) is 1.72. The molecule has 1 atom stereocenters. The molecule has 0 rings (SSSR count). The highest BCUT2D eigenvalue weighted by atomic mass is 16.5. The smallest absolute Gasteiger partial charge is 0.313 e. The lowest BCUT2D eigenvalue weighted by molar-refractivity contribution is -0.155. The second-order valence-electron chi connectivity index (χ2n) is 5.20. The molecule has 0 bridgehead atoms. The zero-order valence-electron chi connectivity index (χ0n) is 11.1. The Hall–Kier alpha value is -0.610. The van der Waals surface area contributed by atoms with Gasteiger partial charge >= 0.3 is 5.97 Å². The molecule has 0 aromatic carbocycles. The van der Waals surface area contributed by atoms with Gasteiger partial charge < -0.3 is 15.2 Å². The fourth-order valence-corrected chi connectivity index (χ4v) is 1.18. The molecule has 0 heterocycles. The largest absolute Gasteiger partial charge is 0.466 e.